The highest BCUT2D eigenvalue weighted by Crippen LogP contribution is 2.33. The molecule has 1 amide bonds. The van der Waals surface area contributed by atoms with Gasteiger partial charge in [-0.25, -0.2) is 4.98 Å². The number of likely N-dealkylation sites (tertiary alicyclic amines) is 1. The molecule has 0 spiro atoms. The second kappa shape index (κ2) is 13.1. The molecule has 196 valence electrons. The molecule has 1 aliphatic heterocycles. The molecule has 2 aromatic heterocycles. The number of hydrogen-bond acceptors (Lipinski definition) is 4. The Kier molecular flexibility index (Phi) is 9.86. The number of anilines is 2. The van der Waals surface area contributed by atoms with E-state index in [0.29, 0.717) is 12.3 Å². The van der Waals surface area contributed by atoms with Crippen molar-refractivity contribution >= 4 is 23.3 Å². The molecule has 1 unspecified atom stereocenters. The number of likely N-dealkylation sites (N-methyl/N-ethyl adjacent to an activating group) is 1. The Morgan fingerprint density at radius 2 is 1.78 bits per heavy atom. The Balaban J connectivity index is 0.000000249. The smallest absolute Gasteiger partial charge is 0.211 e. The fourth-order valence-corrected chi connectivity index (χ4v) is 4.91. The van der Waals surface area contributed by atoms with Gasteiger partial charge >= 0.3 is 0 Å². The number of piperidine rings is 1. The molecule has 5 rings (SSSR count). The largest absolute Gasteiger partial charge is 0.378 e. The van der Waals surface area contributed by atoms with Crippen LogP contribution < -0.4 is 10.2 Å². The van der Waals surface area contributed by atoms with Crippen molar-refractivity contribution in [1.29, 1.82) is 0 Å². The van der Waals surface area contributed by atoms with Crippen LogP contribution in [-0.4, -0.2) is 54.9 Å². The van der Waals surface area contributed by atoms with Gasteiger partial charge in [-0.1, -0.05) is 44.7 Å². The second-order valence-electron chi connectivity index (χ2n) is 9.59. The van der Waals surface area contributed by atoms with E-state index >= 15 is 0 Å². The number of nitrogens with zero attached hydrogens (tertiary/aromatic N) is 4. The number of fused-ring (bicyclic) bond motifs is 1. The van der Waals surface area contributed by atoms with Gasteiger partial charge in [-0.05, 0) is 74.8 Å². The van der Waals surface area contributed by atoms with E-state index in [1.165, 1.54) is 41.9 Å². The van der Waals surface area contributed by atoms with Crippen LogP contribution in [0.2, 0.25) is 0 Å². The molecule has 0 bridgehead atoms. The average molecular weight is 500 g/mol. The summed E-state index contributed by atoms with van der Waals surface area (Å²) in [7, 11) is 6.17. The van der Waals surface area contributed by atoms with Crippen LogP contribution in [0.3, 0.4) is 0 Å². The summed E-state index contributed by atoms with van der Waals surface area (Å²) in [6, 6.07) is 22.7. The van der Waals surface area contributed by atoms with Crippen molar-refractivity contribution < 1.29 is 4.79 Å². The maximum absolute atomic E-state index is 10.1. The van der Waals surface area contributed by atoms with Gasteiger partial charge in [0.2, 0.25) is 6.41 Å². The number of aryl methyl sites for hydroxylation is 1. The predicted octanol–water partition coefficient (Wildman–Crippen LogP) is 6.33. The first-order valence-electron chi connectivity index (χ1n) is 12.7. The van der Waals surface area contributed by atoms with Gasteiger partial charge in [0.25, 0.3) is 0 Å². The van der Waals surface area contributed by atoms with Crippen molar-refractivity contribution in [3.05, 3.63) is 84.3 Å². The van der Waals surface area contributed by atoms with Crippen molar-refractivity contribution in [2.75, 3.05) is 44.4 Å². The maximum Gasteiger partial charge on any atom is 0.211 e. The van der Waals surface area contributed by atoms with Crippen LogP contribution in [-0.2, 0) is 11.2 Å². The number of carbonyl (C=O) groups is 1. The molecular formula is C31H41N5O. The number of imidazole rings is 1. The first kappa shape index (κ1) is 27.9. The zero-order chi connectivity index (χ0) is 25.5. The highest BCUT2D eigenvalue weighted by molar-refractivity contribution is 5.80. The summed E-state index contributed by atoms with van der Waals surface area (Å²) in [4.78, 5) is 19.7. The van der Waals surface area contributed by atoms with Crippen molar-refractivity contribution in [2.45, 2.75) is 39.5 Å². The molecule has 2 aromatic carbocycles. The molecule has 0 radical (unpaired) electrons. The topological polar surface area (TPSA) is 52.9 Å². The van der Waals surface area contributed by atoms with E-state index in [1.807, 2.05) is 43.3 Å². The van der Waals surface area contributed by atoms with E-state index in [-0.39, 0.29) is 7.43 Å². The van der Waals surface area contributed by atoms with E-state index in [9.17, 15) is 4.79 Å². The van der Waals surface area contributed by atoms with Gasteiger partial charge < -0.3 is 19.5 Å². The third-order valence-corrected chi connectivity index (χ3v) is 6.83. The van der Waals surface area contributed by atoms with Gasteiger partial charge in [0.1, 0.15) is 5.82 Å². The summed E-state index contributed by atoms with van der Waals surface area (Å²) < 4.78 is 2.31. The Labute approximate surface area is 221 Å². The molecule has 6 heteroatoms. The second-order valence-corrected chi connectivity index (χ2v) is 9.59. The third kappa shape index (κ3) is 6.57. The van der Waals surface area contributed by atoms with E-state index in [1.54, 1.807) is 0 Å². The number of aromatic nitrogens is 2. The average Bonchev–Trinajstić information content (AvgIpc) is 3.29. The van der Waals surface area contributed by atoms with Crippen molar-refractivity contribution in [2.24, 2.45) is 0 Å². The molecular weight excluding hydrogens is 458 g/mol. The standard InChI is InChI=1S/C21H25N3.C9H12N2O.CH4/c1-3-16-9-4-5-11-18(16)20-19-12-6-7-14-24(19)21(22-20)17-10-8-13-23(2)15-17;1-11(2)9-5-3-8(4-6-9)10-7-12;/h4-7,9,11-12,14,17H,3,8,10,13,15H2,1-2H3;3-7H,1-2H3,(H,10,12);1H4. The van der Waals surface area contributed by atoms with Crippen LogP contribution in [0.5, 0.6) is 0 Å². The van der Waals surface area contributed by atoms with Crippen LogP contribution in [0.15, 0.2) is 72.9 Å². The quantitative estimate of drug-likeness (QED) is 0.315. The highest BCUT2D eigenvalue weighted by Gasteiger charge is 2.25. The van der Waals surface area contributed by atoms with Crippen molar-refractivity contribution in [3.63, 3.8) is 0 Å². The molecule has 6 nitrogen and oxygen atoms in total. The highest BCUT2D eigenvalue weighted by atomic mass is 16.1. The first-order valence-corrected chi connectivity index (χ1v) is 12.7. The van der Waals surface area contributed by atoms with Crippen LogP contribution in [0.1, 0.15) is 44.5 Å². The van der Waals surface area contributed by atoms with E-state index in [4.69, 9.17) is 4.98 Å². The van der Waals surface area contributed by atoms with Gasteiger partial charge in [-0.3, -0.25) is 4.79 Å². The normalized spacial score (nSPS) is 15.3. The third-order valence-electron chi connectivity index (χ3n) is 6.83. The molecule has 1 aliphatic rings. The fourth-order valence-electron chi connectivity index (χ4n) is 4.91. The van der Waals surface area contributed by atoms with Crippen LogP contribution >= 0.6 is 0 Å². The zero-order valence-corrected chi connectivity index (χ0v) is 21.8. The summed E-state index contributed by atoms with van der Waals surface area (Å²) in [6.45, 7) is 4.52. The van der Waals surface area contributed by atoms with Crippen LogP contribution in [0, 0.1) is 0 Å². The number of hydrogen-bond donors (Lipinski definition) is 1. The molecule has 4 aromatic rings. The lowest BCUT2D eigenvalue weighted by Gasteiger charge is -2.28. The number of benzene rings is 2. The van der Waals surface area contributed by atoms with E-state index in [2.05, 4.69) is 77.3 Å². The zero-order valence-electron chi connectivity index (χ0n) is 21.8. The number of carbonyl (C=O) groups excluding carboxylic acids is 1. The predicted molar refractivity (Wildman–Crippen MR) is 157 cm³/mol. The minimum atomic E-state index is 0. The Morgan fingerprint density at radius 1 is 1.05 bits per heavy atom. The van der Waals surface area contributed by atoms with Gasteiger partial charge in [-0.2, -0.15) is 0 Å². The van der Waals surface area contributed by atoms with Gasteiger partial charge in [0.05, 0.1) is 11.2 Å². The summed E-state index contributed by atoms with van der Waals surface area (Å²) in [5, 5.41) is 2.57. The monoisotopic (exact) mass is 499 g/mol. The number of pyridine rings is 1. The van der Waals surface area contributed by atoms with Crippen LogP contribution in [0.4, 0.5) is 11.4 Å². The number of nitrogens with one attached hydrogen (secondary N) is 1. The number of amides is 1. The lowest BCUT2D eigenvalue weighted by Crippen LogP contribution is -2.31. The summed E-state index contributed by atoms with van der Waals surface area (Å²) >= 11 is 0. The van der Waals surface area contributed by atoms with Gasteiger partial charge in [0.15, 0.2) is 0 Å². The van der Waals surface area contributed by atoms with Gasteiger partial charge in [0, 0.05) is 49.7 Å². The van der Waals surface area contributed by atoms with E-state index in [0.717, 1.165) is 30.0 Å². The van der Waals surface area contributed by atoms with Crippen molar-refractivity contribution in [3.8, 4) is 11.3 Å². The Morgan fingerprint density at radius 3 is 2.46 bits per heavy atom. The minimum Gasteiger partial charge on any atom is -0.378 e. The summed E-state index contributed by atoms with van der Waals surface area (Å²) in [6.07, 6.45) is 6.36. The summed E-state index contributed by atoms with van der Waals surface area (Å²) in [5.74, 6) is 1.74. The minimum absolute atomic E-state index is 0. The molecule has 3 heterocycles. The SMILES string of the molecule is C.CCc1ccccc1-c1nc(C2CCCN(C)C2)n2ccccc12.CN(C)c1ccc(NC=O)cc1. The molecule has 1 fully saturated rings. The molecule has 0 aliphatic carbocycles. The Hall–Kier alpha value is -3.64. The lowest BCUT2D eigenvalue weighted by molar-refractivity contribution is -0.105. The Bertz CT molecular complexity index is 1280. The number of rotatable bonds is 6. The maximum atomic E-state index is 10.1. The first-order chi connectivity index (χ1) is 17.5. The molecule has 1 atom stereocenters. The van der Waals surface area contributed by atoms with E-state index < -0.39 is 0 Å². The summed E-state index contributed by atoms with van der Waals surface area (Å²) in [5.41, 5.74) is 6.94. The molecule has 1 N–H and O–H groups in total. The lowest BCUT2D eigenvalue weighted by atomic mass is 9.97. The van der Waals surface area contributed by atoms with Gasteiger partial charge in [-0.15, -0.1) is 0 Å². The fraction of sp³-hybridized carbons (Fsp3) is 0.355. The van der Waals surface area contributed by atoms with Crippen LogP contribution in [0.25, 0.3) is 16.8 Å². The molecule has 0 saturated carbocycles. The van der Waals surface area contributed by atoms with Crippen molar-refractivity contribution in [1.82, 2.24) is 14.3 Å². The molecule has 1 saturated heterocycles. The molecule has 37 heavy (non-hydrogen) atoms.